The molecular formula is C21H23FN4O5. The first-order valence-corrected chi connectivity index (χ1v) is 9.38. The number of phenols is 1. The molecule has 164 valence electrons. The summed E-state index contributed by atoms with van der Waals surface area (Å²) in [6.07, 6.45) is 0.641. The van der Waals surface area contributed by atoms with Crippen LogP contribution in [0.5, 0.6) is 17.2 Å². The van der Waals surface area contributed by atoms with Gasteiger partial charge >= 0.3 is 0 Å². The van der Waals surface area contributed by atoms with Gasteiger partial charge in [0.25, 0.3) is 5.91 Å². The molecule has 1 atom stereocenters. The Labute approximate surface area is 178 Å². The van der Waals surface area contributed by atoms with E-state index >= 15 is 0 Å². The average Bonchev–Trinajstić information content (AvgIpc) is 2.76. The number of carbonyl (C=O) groups excluding carboxylic acids is 1. The summed E-state index contributed by atoms with van der Waals surface area (Å²) < 4.78 is 30.5. The number of halogens is 1. The van der Waals surface area contributed by atoms with Crippen LogP contribution in [0.1, 0.15) is 12.0 Å². The predicted octanol–water partition coefficient (Wildman–Crippen LogP) is 2.80. The molecule has 0 saturated heterocycles. The van der Waals surface area contributed by atoms with Crippen molar-refractivity contribution in [3.05, 3.63) is 42.0 Å². The summed E-state index contributed by atoms with van der Waals surface area (Å²) in [5.74, 6) is -0.366. The molecule has 31 heavy (non-hydrogen) atoms. The van der Waals surface area contributed by atoms with Gasteiger partial charge in [0, 0.05) is 30.5 Å². The van der Waals surface area contributed by atoms with Crippen molar-refractivity contribution < 1.29 is 28.5 Å². The Kier molecular flexibility index (Phi) is 6.71. The zero-order valence-electron chi connectivity index (χ0n) is 17.3. The Balaban J connectivity index is 2.02. The minimum atomic E-state index is -0.922. The smallest absolute Gasteiger partial charge is 0.258 e. The lowest BCUT2D eigenvalue weighted by molar-refractivity contribution is -0.125. The van der Waals surface area contributed by atoms with Gasteiger partial charge in [-0.3, -0.25) is 4.79 Å². The number of ether oxygens (including phenoxy) is 3. The number of methoxy groups -OCH3 is 2. The molecule has 3 rings (SSSR count). The van der Waals surface area contributed by atoms with Gasteiger partial charge in [0.15, 0.2) is 17.6 Å². The van der Waals surface area contributed by atoms with Crippen LogP contribution >= 0.6 is 0 Å². The third kappa shape index (κ3) is 4.75. The summed E-state index contributed by atoms with van der Waals surface area (Å²) in [6, 6.07) is 5.62. The maximum absolute atomic E-state index is 14.3. The van der Waals surface area contributed by atoms with Crippen LogP contribution in [-0.4, -0.2) is 47.9 Å². The molecule has 1 amide bonds. The number of nitrogens with zero attached hydrogens (tertiary/aromatic N) is 2. The van der Waals surface area contributed by atoms with Crippen molar-refractivity contribution in [3.63, 3.8) is 0 Å². The molecule has 3 aromatic rings. The highest BCUT2D eigenvalue weighted by molar-refractivity contribution is 5.93. The fraction of sp³-hybridized carbons (Fsp3) is 0.286. The molecule has 0 aliphatic heterocycles. The van der Waals surface area contributed by atoms with E-state index in [2.05, 4.69) is 15.3 Å². The third-order valence-electron chi connectivity index (χ3n) is 4.72. The molecule has 0 saturated carbocycles. The summed E-state index contributed by atoms with van der Waals surface area (Å²) in [5, 5.41) is 13.3. The Morgan fingerprint density at radius 2 is 2.03 bits per heavy atom. The number of nitrogens with two attached hydrogens (primary N) is 1. The van der Waals surface area contributed by atoms with Gasteiger partial charge in [0.05, 0.1) is 24.9 Å². The monoisotopic (exact) mass is 430 g/mol. The van der Waals surface area contributed by atoms with E-state index in [1.54, 1.807) is 19.1 Å². The molecule has 1 aromatic heterocycles. The zero-order chi connectivity index (χ0) is 22.5. The van der Waals surface area contributed by atoms with Crippen LogP contribution in [0.4, 0.5) is 15.9 Å². The molecule has 4 N–H and O–H groups in total. The molecule has 0 bridgehead atoms. The first-order valence-electron chi connectivity index (χ1n) is 9.38. The third-order valence-corrected chi connectivity index (χ3v) is 4.72. The van der Waals surface area contributed by atoms with Crippen molar-refractivity contribution in [1.82, 2.24) is 9.97 Å². The van der Waals surface area contributed by atoms with Gasteiger partial charge in [-0.2, -0.15) is 0 Å². The molecule has 0 radical (unpaired) electrons. The van der Waals surface area contributed by atoms with Crippen LogP contribution in [0.2, 0.25) is 0 Å². The molecule has 1 heterocycles. The summed E-state index contributed by atoms with van der Waals surface area (Å²) in [4.78, 5) is 20.1. The van der Waals surface area contributed by atoms with Crippen LogP contribution in [0.3, 0.4) is 0 Å². The second kappa shape index (κ2) is 9.43. The van der Waals surface area contributed by atoms with Gasteiger partial charge in [-0.05, 0) is 25.1 Å². The second-order valence-corrected chi connectivity index (χ2v) is 6.72. The Morgan fingerprint density at radius 3 is 2.71 bits per heavy atom. The van der Waals surface area contributed by atoms with Crippen LogP contribution in [-0.2, 0) is 9.53 Å². The molecule has 0 aliphatic carbocycles. The number of rotatable bonds is 9. The van der Waals surface area contributed by atoms with Crippen LogP contribution < -0.4 is 20.5 Å². The number of hydrogen-bond donors (Lipinski definition) is 3. The van der Waals surface area contributed by atoms with Crippen molar-refractivity contribution in [2.45, 2.75) is 19.4 Å². The van der Waals surface area contributed by atoms with Gasteiger partial charge in [-0.15, -0.1) is 0 Å². The van der Waals surface area contributed by atoms with E-state index in [-0.39, 0.29) is 30.2 Å². The summed E-state index contributed by atoms with van der Waals surface area (Å²) in [5.41, 5.74) is 6.31. The maximum atomic E-state index is 14.3. The lowest BCUT2D eigenvalue weighted by Crippen LogP contribution is -2.34. The number of amides is 1. The van der Waals surface area contributed by atoms with Crippen LogP contribution in [0.25, 0.3) is 10.9 Å². The summed E-state index contributed by atoms with van der Waals surface area (Å²) in [6.45, 7) is 1.87. The van der Waals surface area contributed by atoms with Crippen molar-refractivity contribution >= 4 is 28.3 Å². The number of nitrogens with one attached hydrogen (secondary N) is 1. The number of carbonyl (C=O) groups is 1. The normalized spacial score (nSPS) is 11.9. The zero-order valence-corrected chi connectivity index (χ0v) is 17.3. The first kappa shape index (κ1) is 22.0. The number of aromatic hydroxyl groups is 1. The van der Waals surface area contributed by atoms with Gasteiger partial charge in [0.2, 0.25) is 0 Å². The standard InChI is InChI=1S/C21H23FN4O5/c1-11-15(27)5-4-13(22)19(11)26-21-12-8-17(30-3)18(9-14(12)24-10-25-21)31-16(20(23)28)6-7-29-2/h4-5,8-10,16,27H,6-7H2,1-3H3,(H2,23,28)(H,24,25,26). The number of hydrogen-bond acceptors (Lipinski definition) is 8. The Bertz CT molecular complexity index is 1110. The average molecular weight is 430 g/mol. The molecule has 0 spiro atoms. The van der Waals surface area contributed by atoms with E-state index in [4.69, 9.17) is 19.9 Å². The molecule has 9 nitrogen and oxygen atoms in total. The van der Waals surface area contributed by atoms with Crippen molar-refractivity contribution in [3.8, 4) is 17.2 Å². The Hall–Kier alpha value is -3.66. The van der Waals surface area contributed by atoms with E-state index in [9.17, 15) is 14.3 Å². The quantitative estimate of drug-likeness (QED) is 0.473. The SMILES string of the molecule is COCCC(Oc1cc2ncnc(Nc3c(F)ccc(O)c3C)c2cc1OC)C(N)=O. The minimum absolute atomic E-state index is 0.0518. The minimum Gasteiger partial charge on any atom is -0.508 e. The maximum Gasteiger partial charge on any atom is 0.258 e. The van der Waals surface area contributed by atoms with E-state index in [1.165, 1.54) is 26.6 Å². The van der Waals surface area contributed by atoms with Gasteiger partial charge < -0.3 is 30.4 Å². The second-order valence-electron chi connectivity index (χ2n) is 6.72. The molecular weight excluding hydrogens is 407 g/mol. The van der Waals surface area contributed by atoms with Crippen molar-refractivity contribution in [2.24, 2.45) is 5.73 Å². The number of benzene rings is 2. The van der Waals surface area contributed by atoms with E-state index in [1.807, 2.05) is 0 Å². The number of phenolic OH excluding ortho intramolecular Hbond substituents is 1. The highest BCUT2D eigenvalue weighted by Crippen LogP contribution is 2.37. The predicted molar refractivity (Wildman–Crippen MR) is 112 cm³/mol. The van der Waals surface area contributed by atoms with Gasteiger partial charge in [-0.1, -0.05) is 0 Å². The van der Waals surface area contributed by atoms with Crippen LogP contribution in [0, 0.1) is 12.7 Å². The number of primary amides is 1. The summed E-state index contributed by atoms with van der Waals surface area (Å²) >= 11 is 0. The Morgan fingerprint density at radius 1 is 1.26 bits per heavy atom. The van der Waals surface area contributed by atoms with Crippen LogP contribution in [0.15, 0.2) is 30.6 Å². The van der Waals surface area contributed by atoms with E-state index in [0.717, 1.165) is 6.07 Å². The van der Waals surface area contributed by atoms with Gasteiger partial charge in [-0.25, -0.2) is 14.4 Å². The lowest BCUT2D eigenvalue weighted by Gasteiger charge is -2.19. The molecule has 10 heteroatoms. The number of anilines is 2. The van der Waals surface area contributed by atoms with E-state index in [0.29, 0.717) is 28.0 Å². The first-order chi connectivity index (χ1) is 14.8. The van der Waals surface area contributed by atoms with Crippen molar-refractivity contribution in [2.75, 3.05) is 26.1 Å². The molecule has 0 aliphatic rings. The highest BCUT2D eigenvalue weighted by Gasteiger charge is 2.21. The fourth-order valence-corrected chi connectivity index (χ4v) is 2.99. The highest BCUT2D eigenvalue weighted by atomic mass is 19.1. The number of aromatic nitrogens is 2. The fourth-order valence-electron chi connectivity index (χ4n) is 2.99. The largest absolute Gasteiger partial charge is 0.508 e. The lowest BCUT2D eigenvalue weighted by atomic mass is 10.1. The topological polar surface area (TPSA) is 129 Å². The molecule has 0 fully saturated rings. The van der Waals surface area contributed by atoms with E-state index < -0.39 is 17.8 Å². The van der Waals surface area contributed by atoms with Gasteiger partial charge in [0.1, 0.15) is 23.7 Å². The van der Waals surface area contributed by atoms with Crippen molar-refractivity contribution in [1.29, 1.82) is 0 Å². The molecule has 2 aromatic carbocycles. The number of fused-ring (bicyclic) bond motifs is 1. The molecule has 1 unspecified atom stereocenters. The summed E-state index contributed by atoms with van der Waals surface area (Å²) in [7, 11) is 2.95.